The fourth-order valence-electron chi connectivity index (χ4n) is 2.10. The molecule has 1 aliphatic rings. The van der Waals surface area contributed by atoms with Gasteiger partial charge in [0.25, 0.3) is 5.91 Å². The molecule has 2 aromatic carbocycles. The van der Waals surface area contributed by atoms with Gasteiger partial charge in [-0.2, -0.15) is 0 Å². The first-order valence-corrected chi connectivity index (χ1v) is 8.13. The Labute approximate surface area is 128 Å². The molecule has 0 radical (unpaired) electrons. The number of hydrogen-bond acceptors (Lipinski definition) is 4. The van der Waals surface area contributed by atoms with Crippen molar-refractivity contribution in [2.24, 2.45) is 0 Å². The summed E-state index contributed by atoms with van der Waals surface area (Å²) in [6.07, 6.45) is 0. The maximum atomic E-state index is 12.1. The molecule has 114 valence electrons. The van der Waals surface area contributed by atoms with Crippen molar-refractivity contribution in [2.45, 2.75) is 11.4 Å². The largest absolute Gasteiger partial charge is 0.482 e. The van der Waals surface area contributed by atoms with E-state index in [-0.39, 0.29) is 24.0 Å². The molecule has 0 saturated carbocycles. The van der Waals surface area contributed by atoms with Crippen LogP contribution in [0.2, 0.25) is 0 Å². The minimum Gasteiger partial charge on any atom is -0.482 e. The Bertz CT molecular complexity index is 804. The number of fused-ring (bicyclic) bond motifs is 1. The van der Waals surface area contributed by atoms with Crippen molar-refractivity contribution in [3.05, 3.63) is 54.1 Å². The highest BCUT2D eigenvalue weighted by Gasteiger charge is 2.17. The third kappa shape index (κ3) is 3.10. The average Bonchev–Trinajstić information content (AvgIpc) is 2.53. The van der Waals surface area contributed by atoms with Crippen molar-refractivity contribution >= 4 is 21.6 Å². The second kappa shape index (κ2) is 5.78. The molecule has 1 heterocycles. The van der Waals surface area contributed by atoms with Crippen LogP contribution in [-0.2, 0) is 21.4 Å². The molecule has 3 rings (SSSR count). The summed E-state index contributed by atoms with van der Waals surface area (Å²) in [6, 6.07) is 13.3. The number of rotatable bonds is 4. The topological polar surface area (TPSA) is 84.5 Å². The summed E-state index contributed by atoms with van der Waals surface area (Å²) in [4.78, 5) is 11.5. The van der Waals surface area contributed by atoms with Gasteiger partial charge in [-0.1, -0.05) is 24.3 Å². The Kier molecular flexibility index (Phi) is 3.82. The Balaban J connectivity index is 1.75. The molecule has 0 atom stereocenters. The second-order valence-electron chi connectivity index (χ2n) is 4.80. The normalized spacial score (nSPS) is 13.9. The van der Waals surface area contributed by atoms with Gasteiger partial charge in [0.2, 0.25) is 10.0 Å². The van der Waals surface area contributed by atoms with E-state index in [2.05, 4.69) is 10.0 Å². The molecular weight excluding hydrogens is 304 g/mol. The molecule has 1 aliphatic heterocycles. The van der Waals surface area contributed by atoms with E-state index in [9.17, 15) is 13.2 Å². The molecule has 2 aromatic rings. The highest BCUT2D eigenvalue weighted by atomic mass is 32.2. The molecule has 0 saturated heterocycles. The predicted molar refractivity (Wildman–Crippen MR) is 81.0 cm³/mol. The molecule has 0 fully saturated rings. The number of carbonyl (C=O) groups is 1. The first-order chi connectivity index (χ1) is 10.5. The number of carbonyl (C=O) groups excluding carboxylic acids is 1. The van der Waals surface area contributed by atoms with Gasteiger partial charge >= 0.3 is 0 Å². The molecule has 0 aromatic heterocycles. The van der Waals surface area contributed by atoms with Gasteiger partial charge in [-0.3, -0.25) is 4.79 Å². The minimum atomic E-state index is -3.56. The Morgan fingerprint density at radius 3 is 2.68 bits per heavy atom. The fourth-order valence-corrected chi connectivity index (χ4v) is 3.14. The van der Waals surface area contributed by atoms with Crippen molar-refractivity contribution in [2.75, 3.05) is 11.9 Å². The highest BCUT2D eigenvalue weighted by Crippen LogP contribution is 2.28. The standard InChI is InChI=1S/C15H14N2O4S/c18-15-10-21-14-7-6-11(8-13(14)17-15)9-16-22(19,20)12-4-2-1-3-5-12/h1-8,16H,9-10H2,(H,17,18). The summed E-state index contributed by atoms with van der Waals surface area (Å²) in [5.74, 6) is 0.351. The van der Waals surface area contributed by atoms with Gasteiger partial charge in [-0.05, 0) is 29.8 Å². The third-order valence-corrected chi connectivity index (χ3v) is 4.61. The lowest BCUT2D eigenvalue weighted by molar-refractivity contribution is -0.118. The lowest BCUT2D eigenvalue weighted by Crippen LogP contribution is -2.26. The van der Waals surface area contributed by atoms with Crippen molar-refractivity contribution in [3.8, 4) is 5.75 Å². The van der Waals surface area contributed by atoms with Gasteiger partial charge in [0.15, 0.2) is 6.61 Å². The van der Waals surface area contributed by atoms with Crippen molar-refractivity contribution in [1.29, 1.82) is 0 Å². The Hall–Kier alpha value is -2.38. The Morgan fingerprint density at radius 1 is 1.14 bits per heavy atom. The van der Waals surface area contributed by atoms with Gasteiger partial charge < -0.3 is 10.1 Å². The number of ether oxygens (including phenoxy) is 1. The van der Waals surface area contributed by atoms with E-state index in [1.54, 1.807) is 36.4 Å². The zero-order chi connectivity index (χ0) is 15.6. The maximum absolute atomic E-state index is 12.1. The van der Waals surface area contributed by atoms with Gasteiger partial charge in [-0.25, -0.2) is 13.1 Å². The second-order valence-corrected chi connectivity index (χ2v) is 6.57. The van der Waals surface area contributed by atoms with Gasteiger partial charge in [-0.15, -0.1) is 0 Å². The van der Waals surface area contributed by atoms with Crippen LogP contribution in [0.5, 0.6) is 5.75 Å². The van der Waals surface area contributed by atoms with Crippen LogP contribution in [-0.4, -0.2) is 20.9 Å². The number of benzene rings is 2. The number of anilines is 1. The quantitative estimate of drug-likeness (QED) is 0.894. The van der Waals surface area contributed by atoms with E-state index in [1.807, 2.05) is 0 Å². The van der Waals surface area contributed by atoms with Gasteiger partial charge in [0, 0.05) is 6.54 Å². The number of amides is 1. The van der Waals surface area contributed by atoms with Crippen LogP contribution >= 0.6 is 0 Å². The number of nitrogens with one attached hydrogen (secondary N) is 2. The first kappa shape index (κ1) is 14.6. The minimum absolute atomic E-state index is 0.00696. The average molecular weight is 318 g/mol. The lowest BCUT2D eigenvalue weighted by atomic mass is 10.1. The highest BCUT2D eigenvalue weighted by molar-refractivity contribution is 7.89. The molecule has 0 spiro atoms. The van der Waals surface area contributed by atoms with Crippen molar-refractivity contribution in [1.82, 2.24) is 4.72 Å². The summed E-state index contributed by atoms with van der Waals surface area (Å²) in [7, 11) is -3.56. The van der Waals surface area contributed by atoms with Crippen LogP contribution in [0.4, 0.5) is 5.69 Å². The molecule has 0 bridgehead atoms. The molecule has 1 amide bonds. The number of hydrogen-bond donors (Lipinski definition) is 2. The predicted octanol–water partition coefficient (Wildman–Crippen LogP) is 1.50. The molecule has 2 N–H and O–H groups in total. The molecular formula is C15H14N2O4S. The zero-order valence-electron chi connectivity index (χ0n) is 11.6. The van der Waals surface area contributed by atoms with E-state index in [0.29, 0.717) is 11.4 Å². The van der Waals surface area contributed by atoms with Crippen molar-refractivity contribution < 1.29 is 17.9 Å². The molecule has 0 aliphatic carbocycles. The smallest absolute Gasteiger partial charge is 0.262 e. The SMILES string of the molecule is O=C1COc2ccc(CNS(=O)(=O)c3ccccc3)cc2N1. The van der Waals surface area contributed by atoms with Gasteiger partial charge in [0.1, 0.15) is 5.75 Å². The van der Waals surface area contributed by atoms with Crippen LogP contribution in [0, 0.1) is 0 Å². The lowest BCUT2D eigenvalue weighted by Gasteiger charge is -2.18. The van der Waals surface area contributed by atoms with E-state index >= 15 is 0 Å². The van der Waals surface area contributed by atoms with E-state index in [4.69, 9.17) is 4.74 Å². The summed E-state index contributed by atoms with van der Waals surface area (Å²) < 4.78 is 32.1. The van der Waals surface area contributed by atoms with E-state index < -0.39 is 10.0 Å². The summed E-state index contributed by atoms with van der Waals surface area (Å²) >= 11 is 0. The molecule has 0 unspecified atom stereocenters. The molecule has 22 heavy (non-hydrogen) atoms. The zero-order valence-corrected chi connectivity index (χ0v) is 12.4. The summed E-state index contributed by atoms with van der Waals surface area (Å²) in [5, 5.41) is 2.69. The molecule has 6 nitrogen and oxygen atoms in total. The number of sulfonamides is 1. The summed E-state index contributed by atoms with van der Waals surface area (Å²) in [5.41, 5.74) is 1.27. The van der Waals surface area contributed by atoms with Crippen LogP contribution in [0.25, 0.3) is 0 Å². The van der Waals surface area contributed by atoms with Crippen LogP contribution in [0.1, 0.15) is 5.56 Å². The Morgan fingerprint density at radius 2 is 1.91 bits per heavy atom. The fraction of sp³-hybridized carbons (Fsp3) is 0.133. The molecule has 7 heteroatoms. The van der Waals surface area contributed by atoms with Crippen molar-refractivity contribution in [3.63, 3.8) is 0 Å². The van der Waals surface area contributed by atoms with E-state index in [1.165, 1.54) is 12.1 Å². The van der Waals surface area contributed by atoms with Crippen LogP contribution in [0.3, 0.4) is 0 Å². The van der Waals surface area contributed by atoms with Gasteiger partial charge in [0.05, 0.1) is 10.6 Å². The van der Waals surface area contributed by atoms with Crippen LogP contribution < -0.4 is 14.8 Å². The first-order valence-electron chi connectivity index (χ1n) is 6.65. The summed E-state index contributed by atoms with van der Waals surface area (Å²) in [6.45, 7) is 0.118. The monoisotopic (exact) mass is 318 g/mol. The maximum Gasteiger partial charge on any atom is 0.262 e. The third-order valence-electron chi connectivity index (χ3n) is 3.20. The van der Waals surface area contributed by atoms with E-state index in [0.717, 1.165) is 5.56 Å². The van der Waals surface area contributed by atoms with Crippen LogP contribution in [0.15, 0.2) is 53.4 Å².